The van der Waals surface area contributed by atoms with Crippen LogP contribution in [-0.4, -0.2) is 98.5 Å². The van der Waals surface area contributed by atoms with Gasteiger partial charge in [-0.15, -0.1) is 0 Å². The Morgan fingerprint density at radius 2 is 0.935 bits per heavy atom. The topological polar surface area (TPSA) is 120 Å². The van der Waals surface area contributed by atoms with Crippen LogP contribution in [0, 0.1) is 0 Å². The van der Waals surface area contributed by atoms with Crippen molar-refractivity contribution >= 4 is 29.5 Å². The Balaban J connectivity index is 3.74. The Labute approximate surface area is 187 Å². The third-order valence-electron chi connectivity index (χ3n) is 4.66. The molecule has 0 atom stereocenters. The van der Waals surface area contributed by atoms with Crippen LogP contribution >= 0.6 is 0 Å². The first kappa shape index (κ1) is 30.1. The Kier molecular flexibility index (Phi) is 17.1. The predicted octanol–water partition coefficient (Wildman–Crippen LogP) is 0.979. The maximum Gasteiger partial charge on any atom is 0.500 e. The van der Waals surface area contributed by atoms with Crippen molar-refractivity contribution in [1.82, 2.24) is 5.32 Å². The molecule has 0 aromatic rings. The summed E-state index contributed by atoms with van der Waals surface area (Å²) in [5.41, 5.74) is 0. The zero-order chi connectivity index (χ0) is 23.6. The summed E-state index contributed by atoms with van der Waals surface area (Å²) in [6.07, 6.45) is 1.62. The van der Waals surface area contributed by atoms with E-state index in [0.717, 1.165) is 0 Å². The van der Waals surface area contributed by atoms with Gasteiger partial charge in [0.05, 0.1) is 26.1 Å². The number of esters is 2. The average molecular weight is 486 g/mol. The monoisotopic (exact) mass is 485 g/mol. The maximum absolute atomic E-state index is 11.7. The molecule has 0 aliphatic heterocycles. The van der Waals surface area contributed by atoms with E-state index in [2.05, 4.69) is 5.32 Å². The molecular weight excluding hydrogens is 446 g/mol. The lowest BCUT2D eigenvalue weighted by Gasteiger charge is -2.24. The van der Waals surface area contributed by atoms with Crippen molar-refractivity contribution < 1.29 is 45.6 Å². The fourth-order valence-corrected chi connectivity index (χ4v) is 6.09. The molecule has 0 heterocycles. The normalized spacial score (nSPS) is 12.1. The molecule has 184 valence electrons. The van der Waals surface area contributed by atoms with Gasteiger partial charge in [0, 0.05) is 67.8 Å². The van der Waals surface area contributed by atoms with Gasteiger partial charge in [-0.3, -0.25) is 9.59 Å². The highest BCUT2D eigenvalue weighted by Gasteiger charge is 2.37. The molecule has 0 amide bonds. The SMILES string of the molecule is CO[Si](CCCOC(=O)CCNCCC(=O)OCCC[Si](OC)(OC)OC)(OC)OC. The first-order valence-electron chi connectivity index (χ1n) is 10.2. The molecule has 0 saturated carbocycles. The Morgan fingerprint density at radius 1 is 0.613 bits per heavy atom. The second-order valence-corrected chi connectivity index (χ2v) is 12.7. The van der Waals surface area contributed by atoms with Crippen LogP contribution in [0.25, 0.3) is 0 Å². The molecule has 0 aromatic heterocycles. The van der Waals surface area contributed by atoms with Gasteiger partial charge in [-0.25, -0.2) is 0 Å². The van der Waals surface area contributed by atoms with Crippen LogP contribution in [0.3, 0.4) is 0 Å². The van der Waals surface area contributed by atoms with E-state index in [1.54, 1.807) is 42.7 Å². The van der Waals surface area contributed by atoms with Gasteiger partial charge in [0.1, 0.15) is 0 Å². The molecule has 11 nitrogen and oxygen atoms in total. The van der Waals surface area contributed by atoms with E-state index in [1.165, 1.54) is 0 Å². The number of hydrogen-bond donors (Lipinski definition) is 1. The molecule has 31 heavy (non-hydrogen) atoms. The maximum atomic E-state index is 11.7. The number of carbonyl (C=O) groups is 2. The van der Waals surface area contributed by atoms with E-state index in [0.29, 0.717) is 38.0 Å². The first-order valence-corrected chi connectivity index (χ1v) is 14.1. The van der Waals surface area contributed by atoms with E-state index in [4.69, 9.17) is 36.0 Å². The zero-order valence-electron chi connectivity index (χ0n) is 19.7. The summed E-state index contributed by atoms with van der Waals surface area (Å²) >= 11 is 0. The summed E-state index contributed by atoms with van der Waals surface area (Å²) in [5, 5.41) is 3.02. The van der Waals surface area contributed by atoms with Crippen molar-refractivity contribution in [2.24, 2.45) is 0 Å². The van der Waals surface area contributed by atoms with Crippen LogP contribution in [0.4, 0.5) is 0 Å². The van der Waals surface area contributed by atoms with Crippen molar-refractivity contribution in [3.63, 3.8) is 0 Å². The molecule has 0 aromatic carbocycles. The Hall–Kier alpha value is -0.906. The van der Waals surface area contributed by atoms with Crippen LogP contribution in [-0.2, 0) is 45.6 Å². The largest absolute Gasteiger partial charge is 0.500 e. The van der Waals surface area contributed by atoms with Crippen molar-refractivity contribution in [2.45, 2.75) is 37.8 Å². The molecule has 0 saturated heterocycles. The van der Waals surface area contributed by atoms with Crippen molar-refractivity contribution in [2.75, 3.05) is 69.0 Å². The molecule has 0 fully saturated rings. The van der Waals surface area contributed by atoms with Gasteiger partial charge in [0.2, 0.25) is 0 Å². The van der Waals surface area contributed by atoms with Crippen LogP contribution in [0.1, 0.15) is 25.7 Å². The molecular formula is C18H39NO10Si2. The molecule has 1 N–H and O–H groups in total. The van der Waals surface area contributed by atoms with Gasteiger partial charge < -0.3 is 41.3 Å². The van der Waals surface area contributed by atoms with Crippen LogP contribution in [0.2, 0.25) is 12.1 Å². The molecule has 0 bridgehead atoms. The zero-order valence-corrected chi connectivity index (χ0v) is 21.7. The fourth-order valence-electron chi connectivity index (χ4n) is 2.71. The summed E-state index contributed by atoms with van der Waals surface area (Å²) in [6.45, 7) is 1.38. The smallest absolute Gasteiger partial charge is 0.466 e. The van der Waals surface area contributed by atoms with Crippen LogP contribution < -0.4 is 5.32 Å². The third kappa shape index (κ3) is 12.6. The van der Waals surface area contributed by atoms with Gasteiger partial charge in [0.15, 0.2) is 0 Å². The summed E-state index contributed by atoms with van der Waals surface area (Å²) in [7, 11) is 4.01. The van der Waals surface area contributed by atoms with E-state index >= 15 is 0 Å². The highest BCUT2D eigenvalue weighted by Crippen LogP contribution is 2.15. The minimum atomic E-state index is -2.63. The standard InChI is InChI=1S/C18H39NO10Si2/c1-22-30(23-2,24-3)15-7-13-28-17(20)9-11-19-12-10-18(21)29-14-8-16-31(25-4,26-5)27-6/h19H,7-16H2,1-6H3. The van der Waals surface area contributed by atoms with Gasteiger partial charge in [-0.2, -0.15) is 0 Å². The quantitative estimate of drug-likeness (QED) is 0.151. The highest BCUT2D eigenvalue weighted by atomic mass is 28.4. The Bertz CT molecular complexity index is 431. The van der Waals surface area contributed by atoms with Crippen molar-refractivity contribution in [1.29, 1.82) is 0 Å². The average Bonchev–Trinajstić information content (AvgIpc) is 2.80. The highest BCUT2D eigenvalue weighted by molar-refractivity contribution is 6.60. The lowest BCUT2D eigenvalue weighted by atomic mass is 10.4. The molecule has 13 heteroatoms. The molecule has 0 radical (unpaired) electrons. The van der Waals surface area contributed by atoms with Gasteiger partial charge in [-0.1, -0.05) is 0 Å². The summed E-state index contributed by atoms with van der Waals surface area (Å²) in [4.78, 5) is 23.5. The molecule has 0 spiro atoms. The predicted molar refractivity (Wildman–Crippen MR) is 116 cm³/mol. The summed E-state index contributed by atoms with van der Waals surface area (Å²) in [5.74, 6) is -0.617. The van der Waals surface area contributed by atoms with Gasteiger partial charge in [-0.05, 0) is 12.8 Å². The number of carbonyl (C=O) groups excluding carboxylic acids is 2. The fraction of sp³-hybridized carbons (Fsp3) is 0.889. The van der Waals surface area contributed by atoms with E-state index in [-0.39, 0.29) is 38.0 Å². The minimum Gasteiger partial charge on any atom is -0.466 e. The number of rotatable bonds is 20. The van der Waals surface area contributed by atoms with Gasteiger partial charge >= 0.3 is 29.5 Å². The van der Waals surface area contributed by atoms with Crippen molar-refractivity contribution in [3.05, 3.63) is 0 Å². The second kappa shape index (κ2) is 17.6. The second-order valence-electron chi connectivity index (χ2n) is 6.49. The number of hydrogen-bond acceptors (Lipinski definition) is 11. The van der Waals surface area contributed by atoms with E-state index in [9.17, 15) is 9.59 Å². The summed E-state index contributed by atoms with van der Waals surface area (Å²) in [6, 6.07) is 1.13. The molecule has 0 rings (SSSR count). The lowest BCUT2D eigenvalue weighted by molar-refractivity contribution is -0.144. The summed E-state index contributed by atoms with van der Waals surface area (Å²) < 4.78 is 42.2. The molecule has 0 aliphatic rings. The van der Waals surface area contributed by atoms with E-state index < -0.39 is 17.6 Å². The number of nitrogens with one attached hydrogen (secondary N) is 1. The van der Waals surface area contributed by atoms with E-state index in [1.807, 2.05) is 0 Å². The first-order chi connectivity index (χ1) is 14.9. The van der Waals surface area contributed by atoms with Gasteiger partial charge in [0.25, 0.3) is 0 Å². The third-order valence-corrected chi connectivity index (χ3v) is 10.3. The van der Waals surface area contributed by atoms with Crippen LogP contribution in [0.15, 0.2) is 0 Å². The minimum absolute atomic E-state index is 0.216. The molecule has 0 unspecified atom stereocenters. The Morgan fingerprint density at radius 3 is 1.23 bits per heavy atom. The lowest BCUT2D eigenvalue weighted by Crippen LogP contribution is -2.42. The van der Waals surface area contributed by atoms with Crippen molar-refractivity contribution in [3.8, 4) is 0 Å². The van der Waals surface area contributed by atoms with Crippen LogP contribution in [0.5, 0.6) is 0 Å². The number of ether oxygens (including phenoxy) is 2. The molecule has 0 aliphatic carbocycles.